The number of nitrogens with one attached hydrogen (secondary N) is 1. The minimum atomic E-state index is -4.35. The topological polar surface area (TPSA) is 49.4 Å². The summed E-state index contributed by atoms with van der Waals surface area (Å²) < 4.78 is 38.1. The Balaban J connectivity index is 1.58. The van der Waals surface area contributed by atoms with Crippen LogP contribution in [-0.2, 0) is 21.2 Å². The van der Waals surface area contributed by atoms with Crippen molar-refractivity contribution in [2.45, 2.75) is 37.3 Å². The number of hydrogen-bond acceptors (Lipinski definition) is 2. The van der Waals surface area contributed by atoms with Gasteiger partial charge in [-0.1, -0.05) is 18.7 Å². The zero-order valence-electron chi connectivity index (χ0n) is 15.0. The highest BCUT2D eigenvalue weighted by molar-refractivity contribution is 5.88. The van der Waals surface area contributed by atoms with Crippen molar-refractivity contribution in [3.05, 3.63) is 48.0 Å². The monoisotopic (exact) mass is 380 g/mol. The minimum Gasteiger partial charge on any atom is -0.355 e. The molecule has 27 heavy (non-hydrogen) atoms. The standard InChI is InChI=1S/C20H23F3N2O2/c1-2-17(26)25-11-3-4-14(12-25)18(27)24-13-19(9-10-19)15-5-7-16(8-6-15)20(21,22)23/h2,5-8,14H,1,3-4,9-13H2,(H,24,27). The molecule has 1 aromatic rings. The number of halogens is 3. The van der Waals surface area contributed by atoms with Crippen molar-refractivity contribution in [3.8, 4) is 0 Å². The van der Waals surface area contributed by atoms with Gasteiger partial charge in [0.05, 0.1) is 11.5 Å². The summed E-state index contributed by atoms with van der Waals surface area (Å²) in [5.74, 6) is -0.531. The predicted octanol–water partition coefficient (Wildman–Crippen LogP) is 3.28. The largest absolute Gasteiger partial charge is 0.416 e. The lowest BCUT2D eigenvalue weighted by Crippen LogP contribution is -2.46. The third kappa shape index (κ3) is 4.34. The molecule has 1 saturated carbocycles. The molecule has 1 aromatic carbocycles. The van der Waals surface area contributed by atoms with Crippen LogP contribution in [0.5, 0.6) is 0 Å². The molecular weight excluding hydrogens is 357 g/mol. The lowest BCUT2D eigenvalue weighted by Gasteiger charge is -2.31. The van der Waals surface area contributed by atoms with Crippen LogP contribution in [0.3, 0.4) is 0 Å². The normalized spacial score (nSPS) is 21.4. The summed E-state index contributed by atoms with van der Waals surface area (Å²) >= 11 is 0. The van der Waals surface area contributed by atoms with E-state index in [1.807, 2.05) is 0 Å². The third-order valence-electron chi connectivity index (χ3n) is 5.56. The summed E-state index contributed by atoms with van der Waals surface area (Å²) in [4.78, 5) is 25.9. The molecule has 1 N–H and O–H groups in total. The van der Waals surface area contributed by atoms with E-state index in [4.69, 9.17) is 0 Å². The number of alkyl halides is 3. The lowest BCUT2D eigenvalue weighted by molar-refractivity contribution is -0.137. The molecule has 0 bridgehead atoms. The van der Waals surface area contributed by atoms with Crippen LogP contribution in [0.1, 0.15) is 36.8 Å². The lowest BCUT2D eigenvalue weighted by atomic mass is 9.93. The first kappa shape index (κ1) is 19.5. The molecule has 1 unspecified atom stereocenters. The Kier molecular flexibility index (Phi) is 5.31. The molecule has 1 aliphatic carbocycles. The van der Waals surface area contributed by atoms with Gasteiger partial charge in [0.1, 0.15) is 0 Å². The first-order valence-electron chi connectivity index (χ1n) is 9.12. The predicted molar refractivity (Wildman–Crippen MR) is 94.9 cm³/mol. The van der Waals surface area contributed by atoms with Gasteiger partial charge in [-0.05, 0) is 49.5 Å². The van der Waals surface area contributed by atoms with Crippen LogP contribution in [0, 0.1) is 5.92 Å². The summed E-state index contributed by atoms with van der Waals surface area (Å²) in [7, 11) is 0. The molecule has 7 heteroatoms. The summed E-state index contributed by atoms with van der Waals surface area (Å²) in [6, 6.07) is 5.20. The van der Waals surface area contributed by atoms with Crippen molar-refractivity contribution in [2.75, 3.05) is 19.6 Å². The van der Waals surface area contributed by atoms with E-state index in [9.17, 15) is 22.8 Å². The molecule has 1 heterocycles. The van der Waals surface area contributed by atoms with Gasteiger partial charge >= 0.3 is 6.18 Å². The number of piperidine rings is 1. The van der Waals surface area contributed by atoms with Crippen molar-refractivity contribution < 1.29 is 22.8 Å². The van der Waals surface area contributed by atoms with Gasteiger partial charge in [-0.25, -0.2) is 0 Å². The van der Waals surface area contributed by atoms with E-state index in [1.54, 1.807) is 4.90 Å². The molecule has 0 spiro atoms. The van der Waals surface area contributed by atoms with Gasteiger partial charge in [-0.3, -0.25) is 9.59 Å². The van der Waals surface area contributed by atoms with Crippen molar-refractivity contribution in [1.29, 1.82) is 0 Å². The van der Waals surface area contributed by atoms with E-state index in [1.165, 1.54) is 18.2 Å². The molecule has 1 atom stereocenters. The molecular formula is C20H23F3N2O2. The van der Waals surface area contributed by atoms with E-state index < -0.39 is 11.7 Å². The smallest absolute Gasteiger partial charge is 0.355 e. The van der Waals surface area contributed by atoms with Gasteiger partial charge in [0, 0.05) is 25.0 Å². The third-order valence-corrected chi connectivity index (χ3v) is 5.56. The van der Waals surface area contributed by atoms with E-state index in [-0.39, 0.29) is 23.1 Å². The number of carbonyl (C=O) groups is 2. The van der Waals surface area contributed by atoms with Crippen LogP contribution in [-0.4, -0.2) is 36.3 Å². The van der Waals surface area contributed by atoms with Crippen LogP contribution >= 0.6 is 0 Å². The number of likely N-dealkylation sites (tertiary alicyclic amines) is 1. The second-order valence-electron chi connectivity index (χ2n) is 7.40. The molecule has 4 nitrogen and oxygen atoms in total. The Hall–Kier alpha value is -2.31. The summed E-state index contributed by atoms with van der Waals surface area (Å²) in [6.45, 7) is 4.89. The maximum Gasteiger partial charge on any atom is 0.416 e. The SMILES string of the molecule is C=CC(=O)N1CCCC(C(=O)NCC2(c3ccc(C(F)(F)F)cc3)CC2)C1. The fourth-order valence-electron chi connectivity index (χ4n) is 3.65. The molecule has 0 radical (unpaired) electrons. The fraction of sp³-hybridized carbons (Fsp3) is 0.500. The van der Waals surface area contributed by atoms with Crippen LogP contribution in [0.15, 0.2) is 36.9 Å². The Morgan fingerprint density at radius 2 is 1.93 bits per heavy atom. The molecule has 2 amide bonds. The number of nitrogens with zero attached hydrogens (tertiary/aromatic N) is 1. The van der Waals surface area contributed by atoms with Gasteiger partial charge in [-0.15, -0.1) is 0 Å². The summed E-state index contributed by atoms with van der Waals surface area (Å²) in [6.07, 6.45) is 0.0692. The van der Waals surface area contributed by atoms with E-state index in [0.717, 1.165) is 43.4 Å². The van der Waals surface area contributed by atoms with E-state index in [2.05, 4.69) is 11.9 Å². The summed E-state index contributed by atoms with van der Waals surface area (Å²) in [5, 5.41) is 2.95. The first-order chi connectivity index (χ1) is 12.7. The van der Waals surface area contributed by atoms with Crippen LogP contribution in [0.25, 0.3) is 0 Å². The summed E-state index contributed by atoms with van der Waals surface area (Å²) in [5.41, 5.74) is -0.117. The second kappa shape index (κ2) is 7.37. The first-order valence-corrected chi connectivity index (χ1v) is 9.12. The number of benzene rings is 1. The molecule has 0 aromatic heterocycles. The Bertz CT molecular complexity index is 724. The van der Waals surface area contributed by atoms with Crippen LogP contribution in [0.4, 0.5) is 13.2 Å². The Morgan fingerprint density at radius 1 is 1.26 bits per heavy atom. The molecule has 146 valence electrons. The van der Waals surface area contributed by atoms with E-state index >= 15 is 0 Å². The number of hydrogen-bond donors (Lipinski definition) is 1. The molecule has 1 saturated heterocycles. The molecule has 1 aliphatic heterocycles. The highest BCUT2D eigenvalue weighted by Crippen LogP contribution is 2.48. The Labute approximate surface area is 156 Å². The Morgan fingerprint density at radius 3 is 2.48 bits per heavy atom. The number of rotatable bonds is 5. The van der Waals surface area contributed by atoms with Crippen molar-refractivity contribution in [1.82, 2.24) is 10.2 Å². The maximum atomic E-state index is 12.7. The average Bonchev–Trinajstić information content (AvgIpc) is 3.46. The molecule has 3 rings (SSSR count). The number of amides is 2. The van der Waals surface area contributed by atoms with E-state index in [0.29, 0.717) is 19.6 Å². The fourth-order valence-corrected chi connectivity index (χ4v) is 3.65. The van der Waals surface area contributed by atoms with Crippen molar-refractivity contribution >= 4 is 11.8 Å². The van der Waals surface area contributed by atoms with Gasteiger partial charge < -0.3 is 10.2 Å². The maximum absolute atomic E-state index is 12.7. The van der Waals surface area contributed by atoms with Crippen molar-refractivity contribution in [2.24, 2.45) is 5.92 Å². The van der Waals surface area contributed by atoms with Crippen LogP contribution < -0.4 is 5.32 Å². The highest BCUT2D eigenvalue weighted by atomic mass is 19.4. The molecule has 2 aliphatic rings. The second-order valence-corrected chi connectivity index (χ2v) is 7.40. The zero-order chi connectivity index (χ0) is 19.7. The quantitative estimate of drug-likeness (QED) is 0.797. The zero-order valence-corrected chi connectivity index (χ0v) is 15.0. The van der Waals surface area contributed by atoms with Gasteiger partial charge in [-0.2, -0.15) is 13.2 Å². The molecule has 2 fully saturated rings. The average molecular weight is 380 g/mol. The highest BCUT2D eigenvalue weighted by Gasteiger charge is 2.45. The van der Waals surface area contributed by atoms with Crippen LogP contribution in [0.2, 0.25) is 0 Å². The number of carbonyl (C=O) groups excluding carboxylic acids is 2. The van der Waals surface area contributed by atoms with Gasteiger partial charge in [0.25, 0.3) is 0 Å². The van der Waals surface area contributed by atoms with Gasteiger partial charge in [0.15, 0.2) is 0 Å². The van der Waals surface area contributed by atoms with Crippen molar-refractivity contribution in [3.63, 3.8) is 0 Å². The minimum absolute atomic E-state index is 0.102. The van der Waals surface area contributed by atoms with Gasteiger partial charge in [0.2, 0.25) is 11.8 Å².